The zero-order valence-electron chi connectivity index (χ0n) is 17.9. The van der Waals surface area contributed by atoms with Gasteiger partial charge in [0.25, 0.3) is 5.91 Å². The Morgan fingerprint density at radius 1 is 1.14 bits per heavy atom. The van der Waals surface area contributed by atoms with Crippen molar-refractivity contribution in [3.63, 3.8) is 0 Å². The third kappa shape index (κ3) is 10.5. The predicted molar refractivity (Wildman–Crippen MR) is 126 cm³/mol. The van der Waals surface area contributed by atoms with Gasteiger partial charge >= 0.3 is 0 Å². The number of guanidine groups is 1. The Kier molecular flexibility index (Phi) is 12.5. The zero-order valence-corrected chi connectivity index (χ0v) is 20.2. The molecule has 1 rings (SSSR count). The molecule has 2 amide bonds. The maximum atomic E-state index is 11.9. The topological polar surface area (TPSA) is 118 Å². The van der Waals surface area contributed by atoms with E-state index in [1.165, 1.54) is 0 Å². The molecule has 0 fully saturated rings. The monoisotopic (exact) mass is 519 g/mol. The van der Waals surface area contributed by atoms with Gasteiger partial charge in [0.2, 0.25) is 5.91 Å². The molecule has 0 aromatic heterocycles. The molecule has 0 spiro atoms. The van der Waals surface area contributed by atoms with E-state index in [0.29, 0.717) is 24.6 Å². The molecule has 0 aliphatic carbocycles. The van der Waals surface area contributed by atoms with Gasteiger partial charge in [0.1, 0.15) is 0 Å². The van der Waals surface area contributed by atoms with Gasteiger partial charge in [-0.2, -0.15) is 0 Å². The van der Waals surface area contributed by atoms with Gasteiger partial charge < -0.3 is 26.4 Å². The number of hydrogen-bond acceptors (Lipinski definition) is 4. The number of nitrogens with one attached hydrogen (secondary N) is 3. The first-order chi connectivity index (χ1) is 13.2. The van der Waals surface area contributed by atoms with E-state index in [9.17, 15) is 9.59 Å². The number of halogens is 1. The van der Waals surface area contributed by atoms with Crippen LogP contribution in [0.15, 0.2) is 29.3 Å². The van der Waals surface area contributed by atoms with E-state index in [2.05, 4.69) is 41.7 Å². The van der Waals surface area contributed by atoms with Gasteiger partial charge in [0.05, 0.1) is 19.2 Å². The normalized spacial score (nSPS) is 12.5. The molecule has 0 aliphatic heterocycles. The first kappa shape index (κ1) is 27.1. The van der Waals surface area contributed by atoms with Crippen LogP contribution in [0.2, 0.25) is 0 Å². The van der Waals surface area contributed by atoms with Crippen LogP contribution in [-0.2, 0) is 16.1 Å². The van der Waals surface area contributed by atoms with Crippen molar-refractivity contribution >= 4 is 41.8 Å². The van der Waals surface area contributed by atoms with Gasteiger partial charge in [-0.25, -0.2) is 4.99 Å². The molecule has 1 atom stereocenters. The smallest absolute Gasteiger partial charge is 0.251 e. The van der Waals surface area contributed by atoms with Crippen LogP contribution in [0.4, 0.5) is 0 Å². The Bertz CT molecular complexity index is 672. The molecule has 0 saturated carbocycles. The zero-order chi connectivity index (χ0) is 21.2. The number of amides is 2. The molecule has 0 saturated heterocycles. The third-order valence-corrected chi connectivity index (χ3v) is 4.11. The lowest BCUT2D eigenvalue weighted by atomic mass is 9.89. The van der Waals surface area contributed by atoms with Crippen molar-refractivity contribution in [2.24, 2.45) is 16.1 Å². The second-order valence-corrected chi connectivity index (χ2v) is 7.51. The van der Waals surface area contributed by atoms with Crippen LogP contribution < -0.4 is 21.7 Å². The summed E-state index contributed by atoms with van der Waals surface area (Å²) in [5.41, 5.74) is 6.47. The number of benzene rings is 1. The van der Waals surface area contributed by atoms with Crippen molar-refractivity contribution in [1.82, 2.24) is 16.0 Å². The van der Waals surface area contributed by atoms with Crippen LogP contribution in [0.25, 0.3) is 0 Å². The highest BCUT2D eigenvalue weighted by molar-refractivity contribution is 14.0. The van der Waals surface area contributed by atoms with E-state index in [4.69, 9.17) is 10.5 Å². The summed E-state index contributed by atoms with van der Waals surface area (Å²) in [6.45, 7) is 10.1. The quantitative estimate of drug-likeness (QED) is 0.225. The molecule has 0 aliphatic rings. The predicted octanol–water partition coefficient (Wildman–Crippen LogP) is 1.64. The largest absolute Gasteiger partial charge is 0.379 e. The van der Waals surface area contributed by atoms with E-state index in [1.807, 2.05) is 19.1 Å². The summed E-state index contributed by atoms with van der Waals surface area (Å²) in [5.74, 6) is -0.210. The van der Waals surface area contributed by atoms with Gasteiger partial charge in [-0.05, 0) is 30.0 Å². The lowest BCUT2D eigenvalue weighted by Crippen LogP contribution is -2.45. The minimum atomic E-state index is -0.579. The average molecular weight is 519 g/mol. The number of carbonyl (C=O) groups is 2. The Morgan fingerprint density at radius 3 is 2.24 bits per heavy atom. The molecule has 0 radical (unpaired) electrons. The van der Waals surface area contributed by atoms with Gasteiger partial charge in [0.15, 0.2) is 5.96 Å². The van der Waals surface area contributed by atoms with Crippen molar-refractivity contribution in [3.8, 4) is 0 Å². The number of methoxy groups -OCH3 is 1. The molecule has 1 unspecified atom stereocenters. The maximum Gasteiger partial charge on any atom is 0.251 e. The fourth-order valence-corrected chi connectivity index (χ4v) is 2.48. The molecule has 9 heteroatoms. The minimum absolute atomic E-state index is 0. The first-order valence-corrected chi connectivity index (χ1v) is 9.37. The van der Waals surface area contributed by atoms with Crippen LogP contribution in [0.1, 0.15) is 43.6 Å². The number of rotatable bonds is 9. The summed E-state index contributed by atoms with van der Waals surface area (Å²) in [6.07, 6.45) is 0.0505. The Morgan fingerprint density at radius 2 is 1.76 bits per heavy atom. The lowest BCUT2D eigenvalue weighted by molar-refractivity contribution is -0.117. The van der Waals surface area contributed by atoms with Gasteiger partial charge in [-0.1, -0.05) is 32.9 Å². The molecule has 0 bridgehead atoms. The van der Waals surface area contributed by atoms with E-state index in [1.54, 1.807) is 19.2 Å². The van der Waals surface area contributed by atoms with Gasteiger partial charge in [0, 0.05) is 25.8 Å². The van der Waals surface area contributed by atoms with E-state index < -0.39 is 5.91 Å². The van der Waals surface area contributed by atoms with Gasteiger partial charge in [-0.15, -0.1) is 24.0 Å². The van der Waals surface area contributed by atoms with Crippen molar-refractivity contribution in [2.45, 2.75) is 40.3 Å². The number of ether oxygens (including phenoxy) is 1. The summed E-state index contributed by atoms with van der Waals surface area (Å²) >= 11 is 0. The van der Waals surface area contributed by atoms with Crippen LogP contribution in [0, 0.1) is 5.41 Å². The Balaban J connectivity index is 0.00000784. The molecule has 1 aromatic rings. The van der Waals surface area contributed by atoms with Crippen molar-refractivity contribution in [1.29, 1.82) is 0 Å². The average Bonchev–Trinajstić information content (AvgIpc) is 2.63. The van der Waals surface area contributed by atoms with Crippen LogP contribution >= 0.6 is 24.0 Å². The van der Waals surface area contributed by atoms with E-state index >= 15 is 0 Å². The minimum Gasteiger partial charge on any atom is -0.379 e. The summed E-state index contributed by atoms with van der Waals surface area (Å²) < 4.78 is 5.56. The SMILES string of the molecule is CCNC(=NCc1ccc(C(=O)NCC(N)=O)cc1)NCC(OC)C(C)(C)C.I. The second kappa shape index (κ2) is 13.4. The molecular formula is C20H34IN5O3. The molecule has 164 valence electrons. The molecule has 0 heterocycles. The van der Waals surface area contributed by atoms with Crippen LogP contribution in [0.5, 0.6) is 0 Å². The summed E-state index contributed by atoms with van der Waals surface area (Å²) in [4.78, 5) is 27.2. The summed E-state index contributed by atoms with van der Waals surface area (Å²) in [5, 5.41) is 8.98. The molecule has 29 heavy (non-hydrogen) atoms. The van der Waals surface area contributed by atoms with Crippen LogP contribution in [-0.4, -0.2) is 50.6 Å². The standard InChI is InChI=1S/C20H33N5O3.HI/c1-6-22-19(25-12-16(28-5)20(2,3)4)24-11-14-7-9-15(10-8-14)18(27)23-13-17(21)26;/h7-10,16H,6,11-13H2,1-5H3,(H2,21,26)(H,23,27)(H2,22,24,25);1H. The number of aliphatic imine (C=N–C) groups is 1. The van der Waals surface area contributed by atoms with Crippen molar-refractivity contribution in [3.05, 3.63) is 35.4 Å². The molecular weight excluding hydrogens is 485 g/mol. The molecule has 1 aromatic carbocycles. The number of hydrogen-bond donors (Lipinski definition) is 4. The Hall–Kier alpha value is -1.88. The van der Waals surface area contributed by atoms with E-state index in [-0.39, 0.29) is 47.9 Å². The number of primary amides is 1. The lowest BCUT2D eigenvalue weighted by Gasteiger charge is -2.30. The van der Waals surface area contributed by atoms with Crippen LogP contribution in [0.3, 0.4) is 0 Å². The van der Waals surface area contributed by atoms with Crippen molar-refractivity contribution in [2.75, 3.05) is 26.7 Å². The Labute approximate surface area is 190 Å². The highest BCUT2D eigenvalue weighted by Crippen LogP contribution is 2.20. The van der Waals surface area contributed by atoms with Gasteiger partial charge in [-0.3, -0.25) is 9.59 Å². The highest BCUT2D eigenvalue weighted by Gasteiger charge is 2.24. The number of nitrogens with two attached hydrogens (primary N) is 1. The maximum absolute atomic E-state index is 11.9. The highest BCUT2D eigenvalue weighted by atomic mass is 127. The van der Waals surface area contributed by atoms with E-state index in [0.717, 1.165) is 12.1 Å². The summed E-state index contributed by atoms with van der Waals surface area (Å²) in [7, 11) is 1.71. The first-order valence-electron chi connectivity index (χ1n) is 9.37. The second-order valence-electron chi connectivity index (χ2n) is 7.51. The molecule has 5 N–H and O–H groups in total. The fraction of sp³-hybridized carbons (Fsp3) is 0.550. The fourth-order valence-electron chi connectivity index (χ4n) is 2.48. The number of carbonyl (C=O) groups excluding carboxylic acids is 2. The third-order valence-electron chi connectivity index (χ3n) is 4.11. The van der Waals surface area contributed by atoms with Crippen molar-refractivity contribution < 1.29 is 14.3 Å². The number of nitrogens with zero attached hydrogens (tertiary/aromatic N) is 1. The summed E-state index contributed by atoms with van der Waals surface area (Å²) in [6, 6.07) is 7.06. The molecule has 8 nitrogen and oxygen atoms in total.